The minimum atomic E-state index is -0.942. The third-order valence-electron chi connectivity index (χ3n) is 5.78. The summed E-state index contributed by atoms with van der Waals surface area (Å²) in [6, 6.07) is 2.57. The van der Waals surface area contributed by atoms with Gasteiger partial charge in [0.15, 0.2) is 23.1 Å². The number of nitrogens with one attached hydrogen (secondary N) is 1. The molecular formula is C23H25F2N3O3. The number of ether oxygens (including phenoxy) is 2. The number of benzene rings is 1. The van der Waals surface area contributed by atoms with Crippen LogP contribution < -0.4 is 14.4 Å². The molecule has 31 heavy (non-hydrogen) atoms. The fourth-order valence-corrected chi connectivity index (χ4v) is 4.26. The highest BCUT2D eigenvalue weighted by Crippen LogP contribution is 2.41. The van der Waals surface area contributed by atoms with Gasteiger partial charge in [0.05, 0.1) is 26.5 Å². The number of aryl methyl sites for hydroxylation is 1. The van der Waals surface area contributed by atoms with Crippen LogP contribution in [0.25, 0.3) is 5.70 Å². The molecule has 0 bridgehead atoms. The van der Waals surface area contributed by atoms with Gasteiger partial charge in [0.25, 0.3) is 0 Å². The molecule has 8 heteroatoms. The van der Waals surface area contributed by atoms with Crippen molar-refractivity contribution in [3.8, 4) is 11.5 Å². The van der Waals surface area contributed by atoms with E-state index in [1.165, 1.54) is 14.2 Å². The van der Waals surface area contributed by atoms with E-state index in [0.717, 1.165) is 51.9 Å². The summed E-state index contributed by atoms with van der Waals surface area (Å²) in [4.78, 5) is 19.4. The number of allylic oxidation sites excluding steroid dienone is 1. The summed E-state index contributed by atoms with van der Waals surface area (Å²) < 4.78 is 40.5. The molecule has 1 N–H and O–H groups in total. The van der Waals surface area contributed by atoms with E-state index in [1.54, 1.807) is 4.90 Å². The quantitative estimate of drug-likeness (QED) is 0.754. The molecule has 1 aliphatic carbocycles. The Hall–Kier alpha value is -3.29. The SMILES string of the molecule is CCN1C(=O)N(c2c(F)c(OC)cc(OC)c2F)CC2=C1c1cc[nH]c1CCC(C)=C2. The Labute approximate surface area is 179 Å². The number of carbonyl (C=O) groups is 1. The average molecular weight is 429 g/mol. The Balaban J connectivity index is 1.94. The molecule has 1 aromatic carbocycles. The normalized spacial score (nSPS) is 16.5. The number of H-pyrrole nitrogens is 1. The fourth-order valence-electron chi connectivity index (χ4n) is 4.26. The number of aromatic amines is 1. The van der Waals surface area contributed by atoms with Gasteiger partial charge in [-0.05, 0) is 38.3 Å². The van der Waals surface area contributed by atoms with Gasteiger partial charge in [0.1, 0.15) is 5.69 Å². The van der Waals surface area contributed by atoms with Crippen molar-refractivity contribution in [2.45, 2.75) is 26.7 Å². The van der Waals surface area contributed by atoms with E-state index in [1.807, 2.05) is 32.2 Å². The molecule has 0 radical (unpaired) electrons. The number of urea groups is 1. The van der Waals surface area contributed by atoms with Gasteiger partial charge < -0.3 is 14.5 Å². The van der Waals surface area contributed by atoms with Gasteiger partial charge in [-0.25, -0.2) is 13.6 Å². The van der Waals surface area contributed by atoms with Crippen molar-refractivity contribution in [3.05, 3.63) is 58.4 Å². The van der Waals surface area contributed by atoms with Crippen LogP contribution in [0, 0.1) is 11.6 Å². The Morgan fingerprint density at radius 1 is 1.13 bits per heavy atom. The summed E-state index contributed by atoms with van der Waals surface area (Å²) in [7, 11) is 2.57. The van der Waals surface area contributed by atoms with E-state index in [0.29, 0.717) is 6.54 Å². The number of halogens is 2. The predicted octanol–water partition coefficient (Wildman–Crippen LogP) is 4.88. The second-order valence-electron chi connectivity index (χ2n) is 7.61. The average Bonchev–Trinajstić information content (AvgIpc) is 3.20. The summed E-state index contributed by atoms with van der Waals surface area (Å²) >= 11 is 0. The van der Waals surface area contributed by atoms with Crippen molar-refractivity contribution in [2.24, 2.45) is 0 Å². The van der Waals surface area contributed by atoms with E-state index in [4.69, 9.17) is 9.47 Å². The molecule has 0 fully saturated rings. The van der Waals surface area contributed by atoms with E-state index >= 15 is 8.78 Å². The van der Waals surface area contributed by atoms with Crippen molar-refractivity contribution in [3.63, 3.8) is 0 Å². The molecule has 0 atom stereocenters. The van der Waals surface area contributed by atoms with Gasteiger partial charge in [-0.3, -0.25) is 9.80 Å². The molecule has 2 heterocycles. The second kappa shape index (κ2) is 8.09. The lowest BCUT2D eigenvalue weighted by Gasteiger charge is -2.39. The summed E-state index contributed by atoms with van der Waals surface area (Å²) in [5.74, 6) is -2.27. The summed E-state index contributed by atoms with van der Waals surface area (Å²) in [6.07, 6.45) is 5.54. The molecule has 0 spiro atoms. The Bertz CT molecular complexity index is 1080. The van der Waals surface area contributed by atoms with Gasteiger partial charge in [0, 0.05) is 30.1 Å². The molecule has 6 nitrogen and oxygen atoms in total. The largest absolute Gasteiger partial charge is 0.493 e. The van der Waals surface area contributed by atoms with Crippen LogP contribution in [0.1, 0.15) is 31.5 Å². The zero-order valence-electron chi connectivity index (χ0n) is 18.0. The minimum absolute atomic E-state index is 0.0246. The van der Waals surface area contributed by atoms with E-state index < -0.39 is 23.4 Å². The number of amides is 2. The van der Waals surface area contributed by atoms with Crippen molar-refractivity contribution in [2.75, 3.05) is 32.2 Å². The number of nitrogens with zero attached hydrogens (tertiary/aromatic N) is 2. The number of anilines is 1. The lowest BCUT2D eigenvalue weighted by molar-refractivity contribution is 0.224. The Morgan fingerprint density at radius 3 is 2.42 bits per heavy atom. The molecule has 2 aromatic rings. The summed E-state index contributed by atoms with van der Waals surface area (Å²) in [6.45, 7) is 4.23. The van der Waals surface area contributed by atoms with Crippen LogP contribution in [-0.4, -0.2) is 43.2 Å². The predicted molar refractivity (Wildman–Crippen MR) is 114 cm³/mol. The maximum atomic E-state index is 15.2. The topological polar surface area (TPSA) is 57.8 Å². The van der Waals surface area contributed by atoms with Crippen LogP contribution in [0.5, 0.6) is 11.5 Å². The van der Waals surface area contributed by atoms with Gasteiger partial charge in [0.2, 0.25) is 0 Å². The maximum absolute atomic E-state index is 15.2. The van der Waals surface area contributed by atoms with Crippen LogP contribution in [0.15, 0.2) is 35.6 Å². The summed E-state index contributed by atoms with van der Waals surface area (Å²) in [5.41, 5.74) is 4.23. The van der Waals surface area contributed by atoms with Gasteiger partial charge in [-0.2, -0.15) is 0 Å². The maximum Gasteiger partial charge on any atom is 0.329 e. The standard InChI is InChI=1S/C23H25F2N3O3/c1-5-27-21-14(10-13(2)6-7-16-15(21)8-9-26-16)12-28(23(27)29)22-19(24)17(30-3)11-18(31-4)20(22)25/h8-11,26H,5-7,12H2,1-4H3. The van der Waals surface area contributed by atoms with Crippen molar-refractivity contribution in [1.29, 1.82) is 0 Å². The van der Waals surface area contributed by atoms with E-state index in [9.17, 15) is 4.79 Å². The molecule has 0 unspecified atom stereocenters. The lowest BCUT2D eigenvalue weighted by atomic mass is 9.94. The molecule has 2 amide bonds. The van der Waals surface area contributed by atoms with Crippen LogP contribution >= 0.6 is 0 Å². The highest BCUT2D eigenvalue weighted by molar-refractivity contribution is 6.02. The molecular weight excluding hydrogens is 404 g/mol. The summed E-state index contributed by atoms with van der Waals surface area (Å²) in [5, 5.41) is 0. The number of hydrogen-bond donors (Lipinski definition) is 1. The first-order valence-electron chi connectivity index (χ1n) is 10.2. The monoisotopic (exact) mass is 429 g/mol. The molecule has 4 rings (SSSR count). The van der Waals surface area contributed by atoms with Gasteiger partial charge in [-0.1, -0.05) is 11.6 Å². The molecule has 164 valence electrons. The van der Waals surface area contributed by atoms with Crippen molar-refractivity contribution in [1.82, 2.24) is 9.88 Å². The zero-order valence-corrected chi connectivity index (χ0v) is 18.0. The van der Waals surface area contributed by atoms with Crippen molar-refractivity contribution >= 4 is 17.4 Å². The first-order chi connectivity index (χ1) is 14.9. The molecule has 1 aliphatic heterocycles. The van der Waals surface area contributed by atoms with Gasteiger partial charge >= 0.3 is 6.03 Å². The van der Waals surface area contributed by atoms with E-state index in [2.05, 4.69) is 4.98 Å². The highest BCUT2D eigenvalue weighted by atomic mass is 19.1. The second-order valence-corrected chi connectivity index (χ2v) is 7.61. The minimum Gasteiger partial charge on any atom is -0.493 e. The Morgan fingerprint density at radius 2 is 1.81 bits per heavy atom. The van der Waals surface area contributed by atoms with Crippen LogP contribution in [-0.2, 0) is 6.42 Å². The number of methoxy groups -OCH3 is 2. The van der Waals surface area contributed by atoms with Crippen LogP contribution in [0.3, 0.4) is 0 Å². The van der Waals surface area contributed by atoms with Crippen LogP contribution in [0.4, 0.5) is 19.3 Å². The van der Waals surface area contributed by atoms with Crippen molar-refractivity contribution < 1.29 is 23.0 Å². The fraction of sp³-hybridized carbons (Fsp3) is 0.348. The van der Waals surface area contributed by atoms with Crippen LogP contribution in [0.2, 0.25) is 0 Å². The zero-order chi connectivity index (χ0) is 22.3. The molecule has 2 aliphatic rings. The Kier molecular flexibility index (Phi) is 5.47. The smallest absolute Gasteiger partial charge is 0.329 e. The highest BCUT2D eigenvalue weighted by Gasteiger charge is 2.38. The first-order valence-corrected chi connectivity index (χ1v) is 10.2. The number of rotatable bonds is 4. The number of hydrogen-bond acceptors (Lipinski definition) is 3. The van der Waals surface area contributed by atoms with Gasteiger partial charge in [-0.15, -0.1) is 0 Å². The van der Waals surface area contributed by atoms with E-state index in [-0.39, 0.29) is 18.0 Å². The third-order valence-corrected chi connectivity index (χ3v) is 5.78. The number of fused-ring (bicyclic) bond motifs is 2. The number of aromatic nitrogens is 1. The first kappa shape index (κ1) is 21.0. The lowest BCUT2D eigenvalue weighted by Crippen LogP contribution is -2.48. The molecule has 0 saturated heterocycles. The molecule has 1 aromatic heterocycles. The molecule has 0 saturated carbocycles. The third kappa shape index (κ3) is 3.36. The number of carbonyl (C=O) groups excluding carboxylic acids is 1.